The number of nitrogens with zero attached hydrogens (tertiary/aromatic N) is 1. The Morgan fingerprint density at radius 1 is 0.972 bits per heavy atom. The second-order valence-electron chi connectivity index (χ2n) is 8.70. The van der Waals surface area contributed by atoms with Crippen molar-refractivity contribution in [3.8, 4) is 17.2 Å². The van der Waals surface area contributed by atoms with Gasteiger partial charge in [0, 0.05) is 11.8 Å². The number of amides is 1. The number of hydrogen-bond donors (Lipinski definition) is 2. The third-order valence-corrected chi connectivity index (χ3v) is 6.49. The van der Waals surface area contributed by atoms with E-state index in [-0.39, 0.29) is 33.6 Å². The molecule has 0 spiro atoms. The van der Waals surface area contributed by atoms with Gasteiger partial charge in [-0.1, -0.05) is 49.7 Å². The average molecular weight is 508 g/mol. The fourth-order valence-corrected chi connectivity index (χ4v) is 4.56. The highest BCUT2D eigenvalue weighted by molar-refractivity contribution is 6.51. The van der Waals surface area contributed by atoms with E-state index in [1.165, 1.54) is 43.4 Å². The van der Waals surface area contributed by atoms with Gasteiger partial charge in [0.05, 0.1) is 36.4 Å². The minimum atomic E-state index is -1.01. The van der Waals surface area contributed by atoms with Gasteiger partial charge in [0.1, 0.15) is 23.0 Å². The summed E-state index contributed by atoms with van der Waals surface area (Å²) >= 11 is 6.30. The lowest BCUT2D eigenvalue weighted by molar-refractivity contribution is -0.132. The molecule has 0 radical (unpaired) electrons. The number of carbonyl (C=O) groups excluding carboxylic acids is 2. The number of ether oxygens (including phenoxy) is 2. The summed E-state index contributed by atoms with van der Waals surface area (Å²) in [5.74, 6) is -1.37. The van der Waals surface area contributed by atoms with Crippen LogP contribution in [-0.4, -0.2) is 36.1 Å². The van der Waals surface area contributed by atoms with Crippen LogP contribution >= 0.6 is 11.6 Å². The largest absolute Gasteiger partial charge is 0.508 e. The number of halogens is 1. The zero-order valence-electron chi connectivity index (χ0n) is 20.3. The Morgan fingerprint density at radius 2 is 1.64 bits per heavy atom. The fraction of sp³-hybridized carbons (Fsp3) is 0.214. The van der Waals surface area contributed by atoms with Crippen LogP contribution in [0.15, 0.2) is 66.2 Å². The Morgan fingerprint density at radius 3 is 2.22 bits per heavy atom. The van der Waals surface area contributed by atoms with Crippen LogP contribution in [0.4, 0.5) is 5.69 Å². The number of phenolic OH excluding ortho intramolecular Hbond substituents is 1. The average Bonchev–Trinajstić information content (AvgIpc) is 3.13. The topological polar surface area (TPSA) is 96.3 Å². The first kappa shape index (κ1) is 25.1. The minimum Gasteiger partial charge on any atom is -0.508 e. The van der Waals surface area contributed by atoms with Crippen molar-refractivity contribution >= 4 is 34.7 Å². The van der Waals surface area contributed by atoms with Gasteiger partial charge in [-0.3, -0.25) is 14.5 Å². The number of phenols is 1. The smallest absolute Gasteiger partial charge is 0.300 e. The first-order valence-electron chi connectivity index (χ1n) is 11.3. The molecule has 1 amide bonds. The molecule has 0 aliphatic carbocycles. The summed E-state index contributed by atoms with van der Waals surface area (Å²) < 4.78 is 10.6. The molecule has 1 heterocycles. The van der Waals surface area contributed by atoms with Crippen LogP contribution in [0.25, 0.3) is 5.76 Å². The lowest BCUT2D eigenvalue weighted by Crippen LogP contribution is -2.29. The number of ketones is 1. The number of anilines is 1. The Kier molecular flexibility index (Phi) is 6.95. The molecule has 36 heavy (non-hydrogen) atoms. The first-order chi connectivity index (χ1) is 17.2. The number of rotatable bonds is 6. The highest BCUT2D eigenvalue weighted by Gasteiger charge is 2.47. The van der Waals surface area contributed by atoms with E-state index in [4.69, 9.17) is 21.1 Å². The van der Waals surface area contributed by atoms with E-state index in [0.717, 1.165) is 5.56 Å². The molecule has 4 rings (SSSR count). The quantitative estimate of drug-likeness (QED) is 0.248. The molecule has 8 heteroatoms. The Bertz CT molecular complexity index is 1360. The van der Waals surface area contributed by atoms with Crippen molar-refractivity contribution in [2.45, 2.75) is 25.8 Å². The van der Waals surface area contributed by atoms with E-state index in [1.807, 2.05) is 12.1 Å². The highest BCUT2D eigenvalue weighted by Crippen LogP contribution is 2.45. The van der Waals surface area contributed by atoms with E-state index in [2.05, 4.69) is 13.8 Å². The molecule has 1 aliphatic rings. The monoisotopic (exact) mass is 507 g/mol. The number of aromatic hydroxyl groups is 1. The highest BCUT2D eigenvalue weighted by atomic mass is 35.5. The SMILES string of the molecule is COc1cc(OC)c(/C(O)=C2\C(=O)C(=O)N(c3ccc(C(C)C)cc3)C2c2cccc(O)c2)cc1Cl. The number of Topliss-reactive ketones (excluding diaryl/α,β-unsaturated/α-hetero) is 1. The molecule has 7 nitrogen and oxygen atoms in total. The van der Waals surface area contributed by atoms with Crippen molar-refractivity contribution in [2.24, 2.45) is 0 Å². The Labute approximate surface area is 214 Å². The lowest BCUT2D eigenvalue weighted by atomic mass is 9.94. The van der Waals surface area contributed by atoms with Gasteiger partial charge in [-0.05, 0) is 47.4 Å². The van der Waals surface area contributed by atoms with Crippen LogP contribution < -0.4 is 14.4 Å². The van der Waals surface area contributed by atoms with Crippen LogP contribution in [0.5, 0.6) is 17.2 Å². The van der Waals surface area contributed by atoms with Gasteiger partial charge < -0.3 is 19.7 Å². The number of aliphatic hydroxyl groups excluding tert-OH is 1. The third-order valence-electron chi connectivity index (χ3n) is 6.20. The van der Waals surface area contributed by atoms with Gasteiger partial charge in [-0.15, -0.1) is 0 Å². The molecule has 1 fully saturated rings. The summed E-state index contributed by atoms with van der Waals surface area (Å²) in [6.45, 7) is 4.11. The maximum atomic E-state index is 13.4. The summed E-state index contributed by atoms with van der Waals surface area (Å²) in [6, 6.07) is 15.4. The number of carbonyl (C=O) groups is 2. The van der Waals surface area contributed by atoms with Gasteiger partial charge in [0.15, 0.2) is 0 Å². The van der Waals surface area contributed by atoms with Crippen molar-refractivity contribution in [3.05, 3.63) is 87.9 Å². The molecule has 2 N–H and O–H groups in total. The van der Waals surface area contributed by atoms with Crippen LogP contribution in [0.1, 0.15) is 42.5 Å². The number of aliphatic hydroxyl groups is 1. The molecule has 0 aromatic heterocycles. The van der Waals surface area contributed by atoms with Gasteiger partial charge >= 0.3 is 0 Å². The molecule has 186 valence electrons. The maximum Gasteiger partial charge on any atom is 0.300 e. The molecule has 1 unspecified atom stereocenters. The predicted molar refractivity (Wildman–Crippen MR) is 138 cm³/mol. The summed E-state index contributed by atoms with van der Waals surface area (Å²) in [7, 11) is 2.85. The summed E-state index contributed by atoms with van der Waals surface area (Å²) in [5.41, 5.74) is 1.97. The Balaban J connectivity index is 1.96. The number of methoxy groups -OCH3 is 2. The molecule has 3 aromatic carbocycles. The van der Waals surface area contributed by atoms with Crippen LogP contribution in [0, 0.1) is 0 Å². The second-order valence-corrected chi connectivity index (χ2v) is 9.10. The zero-order valence-corrected chi connectivity index (χ0v) is 21.0. The standard InChI is InChI=1S/C28H26ClNO6/c1-15(2)16-8-10-18(11-9-16)30-25(17-6-5-7-19(31)12-17)24(27(33)28(30)34)26(32)20-13-21(29)23(36-4)14-22(20)35-3/h5-15,25,31-32H,1-4H3/b26-24+. The van der Waals surface area contributed by atoms with E-state index in [0.29, 0.717) is 17.0 Å². The van der Waals surface area contributed by atoms with E-state index >= 15 is 0 Å². The molecule has 0 bridgehead atoms. The fourth-order valence-electron chi connectivity index (χ4n) is 4.32. The van der Waals surface area contributed by atoms with Crippen molar-refractivity contribution in [1.29, 1.82) is 0 Å². The molecular weight excluding hydrogens is 482 g/mol. The van der Waals surface area contributed by atoms with Crippen LogP contribution in [-0.2, 0) is 9.59 Å². The molecule has 1 atom stereocenters. The first-order valence-corrected chi connectivity index (χ1v) is 11.7. The summed E-state index contributed by atoms with van der Waals surface area (Å²) in [4.78, 5) is 28.1. The molecule has 1 aliphatic heterocycles. The van der Waals surface area contributed by atoms with Gasteiger partial charge in [-0.25, -0.2) is 0 Å². The summed E-state index contributed by atoms with van der Waals surface area (Å²) in [6.07, 6.45) is 0. The zero-order chi connectivity index (χ0) is 26.1. The maximum absolute atomic E-state index is 13.4. The van der Waals surface area contributed by atoms with Crippen molar-refractivity contribution < 1.29 is 29.3 Å². The molecule has 1 saturated heterocycles. The Hall–Kier alpha value is -3.97. The molecular formula is C28H26ClNO6. The van der Waals surface area contributed by atoms with Gasteiger partial charge in [0.2, 0.25) is 0 Å². The minimum absolute atomic E-state index is 0.0432. The number of hydrogen-bond acceptors (Lipinski definition) is 6. The molecule has 0 saturated carbocycles. The van der Waals surface area contributed by atoms with E-state index in [9.17, 15) is 19.8 Å². The van der Waals surface area contributed by atoms with E-state index in [1.54, 1.807) is 24.3 Å². The predicted octanol–water partition coefficient (Wildman–Crippen LogP) is 5.81. The van der Waals surface area contributed by atoms with Crippen molar-refractivity contribution in [1.82, 2.24) is 0 Å². The molecule has 3 aromatic rings. The normalized spacial score (nSPS) is 17.1. The van der Waals surface area contributed by atoms with Crippen molar-refractivity contribution in [3.63, 3.8) is 0 Å². The van der Waals surface area contributed by atoms with Crippen LogP contribution in [0.3, 0.4) is 0 Å². The van der Waals surface area contributed by atoms with Crippen molar-refractivity contribution in [2.75, 3.05) is 19.1 Å². The van der Waals surface area contributed by atoms with Gasteiger partial charge in [0.25, 0.3) is 11.7 Å². The number of benzene rings is 3. The van der Waals surface area contributed by atoms with Crippen LogP contribution in [0.2, 0.25) is 5.02 Å². The second kappa shape index (κ2) is 9.95. The third kappa shape index (κ3) is 4.38. The van der Waals surface area contributed by atoms with E-state index < -0.39 is 23.5 Å². The lowest BCUT2D eigenvalue weighted by Gasteiger charge is -2.26. The van der Waals surface area contributed by atoms with Gasteiger partial charge in [-0.2, -0.15) is 0 Å². The summed E-state index contributed by atoms with van der Waals surface area (Å²) in [5, 5.41) is 21.8.